The van der Waals surface area contributed by atoms with Gasteiger partial charge in [-0.2, -0.15) is 0 Å². The predicted octanol–water partition coefficient (Wildman–Crippen LogP) is 5.08. The molecule has 3 N–H and O–H groups in total. The number of anilines is 1. The molecule has 0 bridgehead atoms. The molecule has 2 aromatic carbocycles. The molecule has 2 heterocycles. The van der Waals surface area contributed by atoms with Crippen molar-refractivity contribution in [2.24, 2.45) is 0 Å². The number of nitrogen functional groups attached to an aromatic ring is 1. The number of benzene rings is 2. The Morgan fingerprint density at radius 1 is 0.864 bits per heavy atom. The largest absolute Gasteiger partial charge is 0.477 e. The summed E-state index contributed by atoms with van der Waals surface area (Å²) in [5, 5.41) is 11.8. The van der Waals surface area contributed by atoms with E-state index in [1.54, 1.807) is 17.4 Å². The highest BCUT2D eigenvalue weighted by molar-refractivity contribution is 7.22. The van der Waals surface area contributed by atoms with E-state index in [1.807, 2.05) is 42.5 Å². The highest BCUT2D eigenvalue weighted by atomic mass is 32.1. The van der Waals surface area contributed by atoms with Gasteiger partial charge in [-0.25, -0.2) is 4.79 Å². The number of fused-ring (bicyclic) bond motifs is 2. The first-order chi connectivity index (χ1) is 10.6. The average Bonchev–Trinajstić information content (AvgIpc) is 3.09. The molecule has 0 aliphatic carbocycles. The molecule has 2 aromatic heterocycles. The number of rotatable bonds is 1. The zero-order valence-corrected chi connectivity index (χ0v) is 13.2. The van der Waals surface area contributed by atoms with Gasteiger partial charge in [-0.3, -0.25) is 0 Å². The minimum absolute atomic E-state index is 0.399. The summed E-state index contributed by atoms with van der Waals surface area (Å²) in [5.74, 6) is -0.851. The summed E-state index contributed by atoms with van der Waals surface area (Å²) in [4.78, 5) is 11.0. The fraction of sp³-hybridized carbons (Fsp3) is 0. The van der Waals surface area contributed by atoms with Crippen LogP contribution in [-0.4, -0.2) is 11.1 Å². The van der Waals surface area contributed by atoms with Crippen LogP contribution in [0.25, 0.3) is 20.2 Å². The van der Waals surface area contributed by atoms with E-state index in [0.29, 0.717) is 4.88 Å². The van der Waals surface area contributed by atoms with Crippen molar-refractivity contribution in [2.45, 2.75) is 0 Å². The first kappa shape index (κ1) is 14.6. The fourth-order valence-electron chi connectivity index (χ4n) is 2.09. The SMILES string of the molecule is Nc1cc2ccccc2s1.O=C(O)c1cc2ccccc2s1. The molecule has 4 rings (SSSR count). The van der Waals surface area contributed by atoms with Crippen LogP contribution < -0.4 is 5.73 Å². The molecule has 0 saturated carbocycles. The van der Waals surface area contributed by atoms with E-state index < -0.39 is 5.97 Å². The Bertz CT molecular complexity index is 874. The first-order valence-electron chi connectivity index (χ1n) is 6.59. The smallest absolute Gasteiger partial charge is 0.345 e. The Hall–Kier alpha value is -2.37. The maximum atomic E-state index is 10.6. The quantitative estimate of drug-likeness (QED) is 0.512. The van der Waals surface area contributed by atoms with Crippen molar-refractivity contribution >= 4 is 53.8 Å². The van der Waals surface area contributed by atoms with Gasteiger partial charge in [0, 0.05) is 9.40 Å². The lowest BCUT2D eigenvalue weighted by Crippen LogP contribution is -1.89. The third kappa shape index (κ3) is 3.10. The van der Waals surface area contributed by atoms with Crippen LogP contribution in [-0.2, 0) is 0 Å². The number of aromatic carboxylic acids is 1. The number of hydrogen-bond acceptors (Lipinski definition) is 4. The summed E-state index contributed by atoms with van der Waals surface area (Å²) in [5.41, 5.74) is 5.61. The molecule has 0 unspecified atom stereocenters. The minimum Gasteiger partial charge on any atom is -0.477 e. The van der Waals surface area contributed by atoms with Crippen molar-refractivity contribution in [3.63, 3.8) is 0 Å². The van der Waals surface area contributed by atoms with Crippen LogP contribution in [0.3, 0.4) is 0 Å². The summed E-state index contributed by atoms with van der Waals surface area (Å²) in [6.45, 7) is 0. The second-order valence-electron chi connectivity index (χ2n) is 4.64. The van der Waals surface area contributed by atoms with Crippen molar-refractivity contribution in [1.29, 1.82) is 0 Å². The van der Waals surface area contributed by atoms with Gasteiger partial charge in [0.1, 0.15) is 4.88 Å². The first-order valence-corrected chi connectivity index (χ1v) is 8.23. The molecular formula is C17H13NO2S2. The minimum atomic E-state index is -0.851. The zero-order chi connectivity index (χ0) is 15.5. The molecule has 0 atom stereocenters. The third-order valence-corrected chi connectivity index (χ3v) is 5.13. The number of hydrogen-bond donors (Lipinski definition) is 2. The van der Waals surface area contributed by atoms with Crippen molar-refractivity contribution in [2.75, 3.05) is 5.73 Å². The molecule has 0 saturated heterocycles. The molecule has 0 aliphatic heterocycles. The molecular weight excluding hydrogens is 314 g/mol. The molecule has 22 heavy (non-hydrogen) atoms. The molecule has 0 aliphatic rings. The summed E-state index contributed by atoms with van der Waals surface area (Å²) in [7, 11) is 0. The van der Waals surface area contributed by atoms with Crippen LogP contribution >= 0.6 is 22.7 Å². The molecule has 3 nitrogen and oxygen atoms in total. The standard InChI is InChI=1S/C9H6O2S.C8H7NS/c10-9(11)8-5-6-3-1-2-4-7(6)12-8;9-8-5-6-3-1-2-4-7(6)10-8/h1-5H,(H,10,11);1-5H,9H2. The van der Waals surface area contributed by atoms with E-state index in [2.05, 4.69) is 12.1 Å². The second-order valence-corrected chi connectivity index (χ2v) is 6.84. The Balaban J connectivity index is 0.000000133. The second kappa shape index (κ2) is 6.17. The van der Waals surface area contributed by atoms with Gasteiger partial charge in [0.2, 0.25) is 0 Å². The molecule has 0 fully saturated rings. The van der Waals surface area contributed by atoms with Crippen molar-refractivity contribution in [3.8, 4) is 0 Å². The number of carboxylic acid groups (broad SMARTS) is 1. The lowest BCUT2D eigenvalue weighted by Gasteiger charge is -1.82. The van der Waals surface area contributed by atoms with Crippen LogP contribution in [0.5, 0.6) is 0 Å². The van der Waals surface area contributed by atoms with Gasteiger partial charge < -0.3 is 10.8 Å². The van der Waals surface area contributed by atoms with E-state index in [4.69, 9.17) is 10.8 Å². The van der Waals surface area contributed by atoms with E-state index >= 15 is 0 Å². The Labute approximate surface area is 135 Å². The van der Waals surface area contributed by atoms with Gasteiger partial charge in [0.05, 0.1) is 5.00 Å². The maximum Gasteiger partial charge on any atom is 0.345 e. The van der Waals surface area contributed by atoms with Crippen LogP contribution in [0.2, 0.25) is 0 Å². The average molecular weight is 327 g/mol. The van der Waals surface area contributed by atoms with Gasteiger partial charge in [0.25, 0.3) is 0 Å². The normalized spacial score (nSPS) is 10.4. The molecule has 110 valence electrons. The van der Waals surface area contributed by atoms with E-state index in [9.17, 15) is 4.79 Å². The Morgan fingerprint density at radius 3 is 1.95 bits per heavy atom. The highest BCUT2D eigenvalue weighted by Crippen LogP contribution is 2.26. The summed E-state index contributed by atoms with van der Waals surface area (Å²) < 4.78 is 2.29. The Morgan fingerprint density at radius 2 is 1.41 bits per heavy atom. The molecule has 5 heteroatoms. The van der Waals surface area contributed by atoms with E-state index in [1.165, 1.54) is 21.4 Å². The fourth-order valence-corrected chi connectivity index (χ4v) is 3.82. The number of carboxylic acids is 1. The third-order valence-electron chi connectivity index (χ3n) is 3.08. The molecule has 0 spiro atoms. The van der Waals surface area contributed by atoms with Crippen molar-refractivity contribution < 1.29 is 9.90 Å². The highest BCUT2D eigenvalue weighted by Gasteiger charge is 2.06. The number of nitrogens with two attached hydrogens (primary N) is 1. The number of carbonyl (C=O) groups is 1. The van der Waals surface area contributed by atoms with Crippen LogP contribution in [0.1, 0.15) is 9.67 Å². The van der Waals surface area contributed by atoms with Crippen LogP contribution in [0, 0.1) is 0 Å². The molecule has 4 aromatic rings. The summed E-state index contributed by atoms with van der Waals surface area (Å²) in [6.07, 6.45) is 0. The lowest BCUT2D eigenvalue weighted by molar-refractivity contribution is 0.0702. The van der Waals surface area contributed by atoms with Gasteiger partial charge in [-0.05, 0) is 35.0 Å². The van der Waals surface area contributed by atoms with Gasteiger partial charge in [0.15, 0.2) is 0 Å². The molecule has 0 amide bonds. The summed E-state index contributed by atoms with van der Waals surface area (Å²) in [6, 6.07) is 19.5. The predicted molar refractivity (Wildman–Crippen MR) is 95.0 cm³/mol. The van der Waals surface area contributed by atoms with Crippen molar-refractivity contribution in [1.82, 2.24) is 0 Å². The summed E-state index contributed by atoms with van der Waals surface area (Å²) >= 11 is 2.94. The van der Waals surface area contributed by atoms with E-state index in [-0.39, 0.29) is 0 Å². The monoisotopic (exact) mass is 327 g/mol. The van der Waals surface area contributed by atoms with Crippen LogP contribution in [0.15, 0.2) is 60.7 Å². The Kier molecular flexibility index (Phi) is 4.09. The van der Waals surface area contributed by atoms with Gasteiger partial charge >= 0.3 is 5.97 Å². The maximum absolute atomic E-state index is 10.6. The van der Waals surface area contributed by atoms with Gasteiger partial charge in [-0.1, -0.05) is 36.4 Å². The topological polar surface area (TPSA) is 63.3 Å². The van der Waals surface area contributed by atoms with Crippen molar-refractivity contribution in [3.05, 3.63) is 65.5 Å². The number of thiophene rings is 2. The lowest BCUT2D eigenvalue weighted by atomic mass is 10.2. The van der Waals surface area contributed by atoms with Gasteiger partial charge in [-0.15, -0.1) is 22.7 Å². The zero-order valence-electron chi connectivity index (χ0n) is 11.5. The van der Waals surface area contributed by atoms with E-state index in [0.717, 1.165) is 15.1 Å². The molecule has 0 radical (unpaired) electrons. The van der Waals surface area contributed by atoms with Crippen LogP contribution in [0.4, 0.5) is 5.00 Å².